The Morgan fingerprint density at radius 1 is 1.13 bits per heavy atom. The minimum atomic E-state index is -0.336. The largest absolute Gasteiger partial charge is 0.494 e. The number of carbonyl (C=O) groups excluding carboxylic acids is 1. The number of carbonyl (C=O) groups is 1. The van der Waals surface area contributed by atoms with Gasteiger partial charge in [0, 0.05) is 5.70 Å². The zero-order valence-corrected chi connectivity index (χ0v) is 17.6. The summed E-state index contributed by atoms with van der Waals surface area (Å²) >= 11 is 0. The van der Waals surface area contributed by atoms with Crippen molar-refractivity contribution in [1.82, 2.24) is 9.55 Å². The highest BCUT2D eigenvalue weighted by molar-refractivity contribution is 5.94. The average molecular weight is 405 g/mol. The van der Waals surface area contributed by atoms with Gasteiger partial charge >= 0.3 is 5.97 Å². The van der Waals surface area contributed by atoms with Crippen molar-refractivity contribution in [3.05, 3.63) is 65.4 Å². The zero-order valence-electron chi connectivity index (χ0n) is 17.6. The fourth-order valence-electron chi connectivity index (χ4n) is 3.83. The van der Waals surface area contributed by atoms with Crippen LogP contribution in [0.1, 0.15) is 45.2 Å². The molecular formula is C24H27N3O3. The number of nitrogens with zero attached hydrogens (tertiary/aromatic N) is 2. The van der Waals surface area contributed by atoms with Crippen molar-refractivity contribution in [2.45, 2.75) is 39.7 Å². The number of rotatable bonds is 7. The van der Waals surface area contributed by atoms with E-state index in [0.29, 0.717) is 18.8 Å². The second kappa shape index (κ2) is 8.61. The molecule has 0 fully saturated rings. The lowest BCUT2D eigenvalue weighted by Crippen LogP contribution is -2.29. The van der Waals surface area contributed by atoms with E-state index in [1.54, 1.807) is 0 Å². The molecule has 0 spiro atoms. The van der Waals surface area contributed by atoms with Gasteiger partial charge in [-0.05, 0) is 50.1 Å². The van der Waals surface area contributed by atoms with Gasteiger partial charge in [-0.15, -0.1) is 0 Å². The third kappa shape index (κ3) is 3.65. The second-order valence-electron chi connectivity index (χ2n) is 7.35. The molecule has 6 heteroatoms. The van der Waals surface area contributed by atoms with E-state index in [4.69, 9.17) is 14.5 Å². The highest BCUT2D eigenvalue weighted by Crippen LogP contribution is 2.39. The first-order valence-corrected chi connectivity index (χ1v) is 10.5. The van der Waals surface area contributed by atoms with Crippen LogP contribution in [0.15, 0.2) is 59.8 Å². The van der Waals surface area contributed by atoms with Crippen molar-refractivity contribution >= 4 is 23.0 Å². The fraction of sp³-hybridized carbons (Fsp3) is 0.333. The van der Waals surface area contributed by atoms with Crippen molar-refractivity contribution in [2.75, 3.05) is 18.5 Å². The van der Waals surface area contributed by atoms with Crippen molar-refractivity contribution in [2.24, 2.45) is 0 Å². The van der Waals surface area contributed by atoms with Crippen LogP contribution in [0.4, 0.5) is 5.95 Å². The van der Waals surface area contributed by atoms with Crippen molar-refractivity contribution in [3.63, 3.8) is 0 Å². The van der Waals surface area contributed by atoms with E-state index in [0.717, 1.165) is 46.8 Å². The number of para-hydroxylation sites is 2. The van der Waals surface area contributed by atoms with Gasteiger partial charge in [-0.3, -0.25) is 4.57 Å². The van der Waals surface area contributed by atoms with Crippen LogP contribution in [0, 0.1) is 0 Å². The average Bonchev–Trinajstić information content (AvgIpc) is 3.11. The van der Waals surface area contributed by atoms with Crippen molar-refractivity contribution < 1.29 is 14.3 Å². The molecule has 2 aromatic carbocycles. The van der Waals surface area contributed by atoms with Gasteiger partial charge in [0.15, 0.2) is 0 Å². The second-order valence-corrected chi connectivity index (χ2v) is 7.35. The molecule has 30 heavy (non-hydrogen) atoms. The Morgan fingerprint density at radius 2 is 1.90 bits per heavy atom. The molecule has 0 saturated carbocycles. The number of aromatic nitrogens is 2. The molecule has 1 atom stereocenters. The number of hydrogen-bond acceptors (Lipinski definition) is 5. The maximum Gasteiger partial charge on any atom is 0.338 e. The van der Waals surface area contributed by atoms with Crippen LogP contribution in [-0.2, 0) is 9.53 Å². The van der Waals surface area contributed by atoms with Crippen LogP contribution in [0.25, 0.3) is 11.0 Å². The van der Waals surface area contributed by atoms with E-state index >= 15 is 0 Å². The van der Waals surface area contributed by atoms with Gasteiger partial charge in [0.2, 0.25) is 5.95 Å². The summed E-state index contributed by atoms with van der Waals surface area (Å²) in [4.78, 5) is 17.7. The topological polar surface area (TPSA) is 65.4 Å². The summed E-state index contributed by atoms with van der Waals surface area (Å²) in [5.74, 6) is 1.23. The van der Waals surface area contributed by atoms with E-state index in [-0.39, 0.29) is 12.0 Å². The molecule has 1 aliphatic heterocycles. The number of hydrogen-bond donors (Lipinski definition) is 1. The highest BCUT2D eigenvalue weighted by atomic mass is 16.5. The molecule has 0 saturated heterocycles. The lowest BCUT2D eigenvalue weighted by atomic mass is 9.95. The quantitative estimate of drug-likeness (QED) is 0.439. The molecule has 2 heterocycles. The van der Waals surface area contributed by atoms with Crippen LogP contribution in [-0.4, -0.2) is 28.7 Å². The molecule has 4 rings (SSSR count). The van der Waals surface area contributed by atoms with Gasteiger partial charge in [0.1, 0.15) is 5.75 Å². The number of esters is 1. The number of nitrogens with one attached hydrogen (secondary N) is 1. The molecule has 1 aromatic heterocycles. The minimum Gasteiger partial charge on any atom is -0.494 e. The van der Waals surface area contributed by atoms with Gasteiger partial charge < -0.3 is 14.8 Å². The standard InChI is InChI=1S/C24H27N3O3/c1-4-6-15-30-18-13-11-17(12-14-18)22-21(23(28)29-5-2)16(3)25-24-26-19-9-7-8-10-20(19)27(22)24/h7-14,22H,4-6,15H2,1-3H3,(H,25,26)/t22-/m1/s1. The molecule has 0 radical (unpaired) electrons. The predicted molar refractivity (Wildman–Crippen MR) is 118 cm³/mol. The summed E-state index contributed by atoms with van der Waals surface area (Å²) in [5.41, 5.74) is 4.16. The lowest BCUT2D eigenvalue weighted by molar-refractivity contribution is -0.139. The van der Waals surface area contributed by atoms with Crippen LogP contribution in [0.3, 0.4) is 0 Å². The summed E-state index contributed by atoms with van der Waals surface area (Å²) in [6.45, 7) is 6.88. The summed E-state index contributed by atoms with van der Waals surface area (Å²) in [7, 11) is 0. The maximum absolute atomic E-state index is 12.9. The number of fused-ring (bicyclic) bond motifs is 3. The SMILES string of the molecule is CCCCOc1ccc([C@@H]2C(C(=O)OCC)=C(C)Nc3nc4ccccc4n32)cc1. The van der Waals surface area contributed by atoms with Crippen molar-refractivity contribution in [1.29, 1.82) is 0 Å². The molecule has 1 N–H and O–H groups in total. The minimum absolute atomic E-state index is 0.320. The predicted octanol–water partition coefficient (Wildman–Crippen LogP) is 5.07. The van der Waals surface area contributed by atoms with E-state index in [2.05, 4.69) is 16.8 Å². The van der Waals surface area contributed by atoms with Gasteiger partial charge in [-0.2, -0.15) is 0 Å². The third-order valence-electron chi connectivity index (χ3n) is 5.29. The highest BCUT2D eigenvalue weighted by Gasteiger charge is 2.34. The van der Waals surface area contributed by atoms with Gasteiger partial charge in [-0.25, -0.2) is 9.78 Å². The Morgan fingerprint density at radius 3 is 2.63 bits per heavy atom. The normalized spacial score (nSPS) is 15.6. The summed E-state index contributed by atoms with van der Waals surface area (Å²) in [6.07, 6.45) is 2.12. The Balaban J connectivity index is 1.80. The smallest absolute Gasteiger partial charge is 0.338 e. The Labute approximate surface area is 176 Å². The van der Waals surface area contributed by atoms with Gasteiger partial charge in [0.25, 0.3) is 0 Å². The number of anilines is 1. The van der Waals surface area contributed by atoms with E-state index in [1.165, 1.54) is 0 Å². The molecular weight excluding hydrogens is 378 g/mol. The number of unbranched alkanes of at least 4 members (excludes halogenated alkanes) is 1. The Kier molecular flexibility index (Phi) is 5.74. The maximum atomic E-state index is 12.9. The third-order valence-corrected chi connectivity index (χ3v) is 5.29. The fourth-order valence-corrected chi connectivity index (χ4v) is 3.83. The number of ether oxygens (including phenoxy) is 2. The van der Waals surface area contributed by atoms with Gasteiger partial charge in [0.05, 0.1) is 35.9 Å². The van der Waals surface area contributed by atoms with Gasteiger partial charge in [-0.1, -0.05) is 37.6 Å². The first kappa shape index (κ1) is 20.0. The van der Waals surface area contributed by atoms with E-state index < -0.39 is 0 Å². The molecule has 1 aliphatic rings. The summed E-state index contributed by atoms with van der Waals surface area (Å²) in [5, 5.41) is 3.29. The first-order valence-electron chi connectivity index (χ1n) is 10.5. The Bertz CT molecular complexity index is 1080. The molecule has 0 unspecified atom stereocenters. The van der Waals surface area contributed by atoms with E-state index in [1.807, 2.05) is 62.4 Å². The van der Waals surface area contributed by atoms with E-state index in [9.17, 15) is 4.79 Å². The molecule has 0 bridgehead atoms. The molecule has 6 nitrogen and oxygen atoms in total. The lowest BCUT2D eigenvalue weighted by Gasteiger charge is -2.30. The number of imidazole rings is 1. The van der Waals surface area contributed by atoms with Crippen LogP contribution in [0.5, 0.6) is 5.75 Å². The Hall–Kier alpha value is -3.28. The zero-order chi connectivity index (χ0) is 21.1. The van der Waals surface area contributed by atoms with Crippen LogP contribution < -0.4 is 10.1 Å². The number of allylic oxidation sites excluding steroid dienone is 1. The van der Waals surface area contributed by atoms with Crippen LogP contribution in [0.2, 0.25) is 0 Å². The van der Waals surface area contributed by atoms with Crippen molar-refractivity contribution in [3.8, 4) is 5.75 Å². The van der Waals surface area contributed by atoms with Crippen LogP contribution >= 0.6 is 0 Å². The first-order chi connectivity index (χ1) is 14.6. The monoisotopic (exact) mass is 405 g/mol. The summed E-state index contributed by atoms with van der Waals surface area (Å²) < 4.78 is 13.3. The number of benzene rings is 2. The summed E-state index contributed by atoms with van der Waals surface area (Å²) in [6, 6.07) is 15.6. The molecule has 0 amide bonds. The molecule has 156 valence electrons. The molecule has 3 aromatic rings. The molecule has 0 aliphatic carbocycles.